The van der Waals surface area contributed by atoms with Gasteiger partial charge in [-0.2, -0.15) is 0 Å². The monoisotopic (exact) mass is 462 g/mol. The molecule has 1 unspecified atom stereocenters. The van der Waals surface area contributed by atoms with Gasteiger partial charge >= 0.3 is 0 Å². The number of hydrogen-bond acceptors (Lipinski definition) is 11. The van der Waals surface area contributed by atoms with E-state index in [0.717, 1.165) is 0 Å². The molecule has 0 aliphatic heterocycles. The van der Waals surface area contributed by atoms with E-state index in [1.54, 1.807) is 0 Å². The van der Waals surface area contributed by atoms with Gasteiger partial charge in [0.2, 0.25) is 0 Å². The van der Waals surface area contributed by atoms with Crippen molar-refractivity contribution in [3.63, 3.8) is 0 Å². The second-order valence-corrected chi connectivity index (χ2v) is 7.95. The van der Waals surface area contributed by atoms with E-state index in [4.69, 9.17) is 9.84 Å². The van der Waals surface area contributed by atoms with Gasteiger partial charge in [-0.05, 0) is 39.0 Å². The minimum atomic E-state index is -2.05. The van der Waals surface area contributed by atoms with E-state index in [-0.39, 0.29) is 64.2 Å². The zero-order valence-electron chi connectivity index (χ0n) is 18.5. The standard InChI is InChI=1S/C21H38N2O9/c1-15(28)20(30,5-2-7-24)21(31,6-3-8-25)19-13-22-16(12-23-19)11-17(29)18(14-27)32-10-4-9-26/h12-13,15,17-18,24-31H,2-11,14H2,1H3/t15-,17-,18+,20+,21?/m0/s1. The minimum absolute atomic E-state index is 0.00210. The Labute approximate surface area is 188 Å². The lowest BCUT2D eigenvalue weighted by atomic mass is 9.71. The molecule has 0 saturated heterocycles. The molecule has 11 heteroatoms. The highest BCUT2D eigenvalue weighted by Crippen LogP contribution is 2.41. The molecule has 5 atom stereocenters. The van der Waals surface area contributed by atoms with Crippen molar-refractivity contribution in [1.82, 2.24) is 9.97 Å². The summed E-state index contributed by atoms with van der Waals surface area (Å²) in [5, 5.41) is 79.8. The average Bonchev–Trinajstić information content (AvgIpc) is 2.78. The van der Waals surface area contributed by atoms with Crippen LogP contribution < -0.4 is 0 Å². The summed E-state index contributed by atoms with van der Waals surface area (Å²) in [6.07, 6.45) is -0.421. The maximum absolute atomic E-state index is 11.4. The van der Waals surface area contributed by atoms with Gasteiger partial charge in [0.05, 0.1) is 36.4 Å². The lowest BCUT2D eigenvalue weighted by molar-refractivity contribution is -0.215. The van der Waals surface area contributed by atoms with E-state index in [0.29, 0.717) is 12.1 Å². The van der Waals surface area contributed by atoms with Gasteiger partial charge in [-0.25, -0.2) is 0 Å². The summed E-state index contributed by atoms with van der Waals surface area (Å²) in [6.45, 7) is 0.496. The van der Waals surface area contributed by atoms with Crippen molar-refractivity contribution in [3.8, 4) is 0 Å². The van der Waals surface area contributed by atoms with Crippen LogP contribution in [0.15, 0.2) is 12.4 Å². The van der Waals surface area contributed by atoms with Crippen LogP contribution in [0.1, 0.15) is 50.4 Å². The molecule has 0 aliphatic rings. The number of rotatable bonds is 17. The van der Waals surface area contributed by atoms with Crippen molar-refractivity contribution in [3.05, 3.63) is 23.8 Å². The first-order valence-electron chi connectivity index (χ1n) is 10.9. The molecule has 186 valence electrons. The van der Waals surface area contributed by atoms with Gasteiger partial charge in [-0.3, -0.25) is 9.97 Å². The van der Waals surface area contributed by atoms with Crippen molar-refractivity contribution in [2.45, 2.75) is 75.0 Å². The quantitative estimate of drug-likeness (QED) is 0.119. The Morgan fingerprint density at radius 2 is 1.53 bits per heavy atom. The molecule has 1 rings (SSSR count). The molecule has 11 nitrogen and oxygen atoms in total. The van der Waals surface area contributed by atoms with Crippen LogP contribution >= 0.6 is 0 Å². The summed E-state index contributed by atoms with van der Waals surface area (Å²) in [6, 6.07) is 0. The van der Waals surface area contributed by atoms with E-state index in [9.17, 15) is 35.7 Å². The molecule has 32 heavy (non-hydrogen) atoms. The van der Waals surface area contributed by atoms with Crippen molar-refractivity contribution in [1.29, 1.82) is 0 Å². The lowest BCUT2D eigenvalue weighted by Crippen LogP contribution is -2.59. The SMILES string of the molecule is C[C@H](O)[C@](O)(CCCO)C(O)(CCCO)c1cnc(C[C@H](O)[C@@H](CO)OCCCO)cn1. The predicted octanol–water partition coefficient (Wildman–Crippen LogP) is -2.02. The average molecular weight is 463 g/mol. The van der Waals surface area contributed by atoms with Gasteiger partial charge in [0.1, 0.15) is 17.3 Å². The number of aromatic nitrogens is 2. The fourth-order valence-corrected chi connectivity index (χ4v) is 3.62. The summed E-state index contributed by atoms with van der Waals surface area (Å²) < 4.78 is 5.34. The molecule has 1 aromatic heterocycles. The number of hydrogen-bond donors (Lipinski definition) is 8. The minimum Gasteiger partial charge on any atom is -0.396 e. The molecule has 0 fully saturated rings. The Balaban J connectivity index is 3.09. The second kappa shape index (κ2) is 14.1. The van der Waals surface area contributed by atoms with E-state index in [2.05, 4.69) is 9.97 Å². The summed E-state index contributed by atoms with van der Waals surface area (Å²) in [5.41, 5.74) is -3.79. The van der Waals surface area contributed by atoms with Crippen molar-refractivity contribution >= 4 is 0 Å². The Hall–Kier alpha value is -1.28. The molecule has 0 radical (unpaired) electrons. The fraction of sp³-hybridized carbons (Fsp3) is 0.810. The molecule has 0 aliphatic carbocycles. The summed E-state index contributed by atoms with van der Waals surface area (Å²) in [7, 11) is 0. The topological polar surface area (TPSA) is 197 Å². The van der Waals surface area contributed by atoms with Crippen LogP contribution in [0.4, 0.5) is 0 Å². The highest BCUT2D eigenvalue weighted by molar-refractivity contribution is 5.19. The van der Waals surface area contributed by atoms with E-state index in [1.165, 1.54) is 19.3 Å². The largest absolute Gasteiger partial charge is 0.396 e. The molecule has 1 heterocycles. The second-order valence-electron chi connectivity index (χ2n) is 7.95. The smallest absolute Gasteiger partial charge is 0.139 e. The Bertz CT molecular complexity index is 634. The van der Waals surface area contributed by atoms with E-state index < -0.39 is 36.1 Å². The first kappa shape index (κ1) is 28.8. The predicted molar refractivity (Wildman–Crippen MR) is 113 cm³/mol. The van der Waals surface area contributed by atoms with Gasteiger partial charge < -0.3 is 45.6 Å². The molecule has 0 saturated carbocycles. The summed E-state index contributed by atoms with van der Waals surface area (Å²) in [5.74, 6) is 0. The maximum atomic E-state index is 11.4. The van der Waals surface area contributed by atoms with Crippen LogP contribution in [-0.4, -0.2) is 108 Å². The number of aliphatic hydroxyl groups excluding tert-OH is 6. The molecular formula is C21H38N2O9. The van der Waals surface area contributed by atoms with Gasteiger partial charge in [-0.1, -0.05) is 0 Å². The van der Waals surface area contributed by atoms with Crippen molar-refractivity contribution in [2.24, 2.45) is 0 Å². The van der Waals surface area contributed by atoms with Gasteiger partial charge in [0, 0.05) is 39.0 Å². The first-order chi connectivity index (χ1) is 15.2. The van der Waals surface area contributed by atoms with E-state index in [1.807, 2.05) is 0 Å². The van der Waals surface area contributed by atoms with Gasteiger partial charge in [0.25, 0.3) is 0 Å². The molecule has 8 N–H and O–H groups in total. The van der Waals surface area contributed by atoms with Crippen LogP contribution in [0.5, 0.6) is 0 Å². The zero-order valence-corrected chi connectivity index (χ0v) is 18.5. The fourth-order valence-electron chi connectivity index (χ4n) is 3.62. The molecule has 0 aromatic carbocycles. The first-order valence-corrected chi connectivity index (χ1v) is 10.9. The summed E-state index contributed by atoms with van der Waals surface area (Å²) in [4.78, 5) is 8.39. The van der Waals surface area contributed by atoms with Gasteiger partial charge in [-0.15, -0.1) is 0 Å². The zero-order chi connectivity index (χ0) is 24.2. The maximum Gasteiger partial charge on any atom is 0.139 e. The van der Waals surface area contributed by atoms with Crippen LogP contribution in [-0.2, 0) is 16.8 Å². The van der Waals surface area contributed by atoms with Crippen LogP contribution in [0.2, 0.25) is 0 Å². The third-order valence-corrected chi connectivity index (χ3v) is 5.61. The Morgan fingerprint density at radius 3 is 2.03 bits per heavy atom. The lowest BCUT2D eigenvalue weighted by Gasteiger charge is -2.45. The highest BCUT2D eigenvalue weighted by Gasteiger charge is 2.53. The number of aliphatic hydroxyl groups is 8. The Kier molecular flexibility index (Phi) is 12.7. The molecule has 0 spiro atoms. The number of nitrogens with zero attached hydrogens (tertiary/aromatic N) is 2. The van der Waals surface area contributed by atoms with Gasteiger partial charge in [0.15, 0.2) is 0 Å². The number of ether oxygens (including phenoxy) is 1. The third-order valence-electron chi connectivity index (χ3n) is 5.61. The third kappa shape index (κ3) is 7.37. The Morgan fingerprint density at radius 1 is 0.906 bits per heavy atom. The molecular weight excluding hydrogens is 424 g/mol. The highest BCUT2D eigenvalue weighted by atomic mass is 16.5. The van der Waals surface area contributed by atoms with Crippen molar-refractivity contribution < 1.29 is 45.6 Å². The molecule has 0 amide bonds. The van der Waals surface area contributed by atoms with Crippen LogP contribution in [0.25, 0.3) is 0 Å². The normalized spacial score (nSPS) is 18.5. The molecule has 0 bridgehead atoms. The molecule has 1 aromatic rings. The van der Waals surface area contributed by atoms with E-state index >= 15 is 0 Å². The van der Waals surface area contributed by atoms with Crippen LogP contribution in [0.3, 0.4) is 0 Å². The van der Waals surface area contributed by atoms with Crippen molar-refractivity contribution in [2.75, 3.05) is 33.0 Å². The van der Waals surface area contributed by atoms with Crippen LogP contribution in [0, 0.1) is 0 Å². The summed E-state index contributed by atoms with van der Waals surface area (Å²) >= 11 is 0.